The smallest absolute Gasteiger partial charge is 0.138 e. The number of anilines is 2. The minimum atomic E-state index is -0.0985. The number of hydrogen-bond acceptors (Lipinski definition) is 5. The number of nitrogens with zero attached hydrogens (tertiary/aromatic N) is 3. The van der Waals surface area contributed by atoms with Crippen molar-refractivity contribution in [2.75, 3.05) is 24.2 Å². The molecule has 20 heavy (non-hydrogen) atoms. The van der Waals surface area contributed by atoms with Crippen LogP contribution in [0.3, 0.4) is 0 Å². The van der Waals surface area contributed by atoms with E-state index in [0.717, 1.165) is 24.6 Å². The zero-order valence-electron chi connectivity index (χ0n) is 12.6. The average molecular weight is 290 g/mol. The van der Waals surface area contributed by atoms with Crippen LogP contribution >= 0.6 is 11.3 Å². The lowest BCUT2D eigenvalue weighted by molar-refractivity contribution is 0.545. The molecule has 0 spiro atoms. The lowest BCUT2D eigenvalue weighted by Crippen LogP contribution is -2.24. The molecule has 0 aromatic carbocycles. The zero-order valence-corrected chi connectivity index (χ0v) is 13.4. The van der Waals surface area contributed by atoms with E-state index in [-0.39, 0.29) is 5.41 Å². The molecule has 0 aliphatic heterocycles. The molecule has 0 unspecified atom stereocenters. The number of likely N-dealkylation sites (N-methyl/N-ethyl adjacent to an activating group) is 1. The number of thiophene rings is 1. The molecule has 0 amide bonds. The Hall–Kier alpha value is -1.62. The summed E-state index contributed by atoms with van der Waals surface area (Å²) in [5.74, 6) is 2.21. The first-order valence-corrected chi connectivity index (χ1v) is 7.63. The molecule has 0 atom stereocenters. The highest BCUT2D eigenvalue weighted by atomic mass is 32.1. The lowest BCUT2D eigenvalue weighted by Gasteiger charge is -2.22. The Morgan fingerprint density at radius 2 is 2.05 bits per heavy atom. The van der Waals surface area contributed by atoms with Crippen LogP contribution in [-0.4, -0.2) is 23.6 Å². The SMILES string of the molecule is CN(CCc1cccs1)c1cc(N)nc(C(C)(C)C)n1. The second-order valence-electron chi connectivity index (χ2n) is 5.98. The third-order valence-electron chi connectivity index (χ3n) is 3.07. The van der Waals surface area contributed by atoms with E-state index in [4.69, 9.17) is 5.73 Å². The van der Waals surface area contributed by atoms with E-state index in [0.29, 0.717) is 5.82 Å². The number of hydrogen-bond donors (Lipinski definition) is 1. The third-order valence-corrected chi connectivity index (χ3v) is 4.00. The number of nitrogens with two attached hydrogens (primary N) is 1. The molecule has 2 heterocycles. The van der Waals surface area contributed by atoms with Crippen LogP contribution in [0.15, 0.2) is 23.6 Å². The van der Waals surface area contributed by atoms with Gasteiger partial charge in [0.05, 0.1) is 0 Å². The van der Waals surface area contributed by atoms with Gasteiger partial charge >= 0.3 is 0 Å². The predicted octanol–water partition coefficient (Wildman–Crippen LogP) is 3.10. The highest BCUT2D eigenvalue weighted by Crippen LogP contribution is 2.22. The van der Waals surface area contributed by atoms with Gasteiger partial charge in [0.15, 0.2) is 0 Å². The topological polar surface area (TPSA) is 55.0 Å². The Balaban J connectivity index is 2.13. The van der Waals surface area contributed by atoms with Crippen molar-refractivity contribution in [3.05, 3.63) is 34.3 Å². The normalized spacial score (nSPS) is 11.6. The molecule has 0 saturated carbocycles. The Morgan fingerprint density at radius 3 is 2.65 bits per heavy atom. The van der Waals surface area contributed by atoms with Gasteiger partial charge in [-0.2, -0.15) is 0 Å². The summed E-state index contributed by atoms with van der Waals surface area (Å²) in [7, 11) is 2.04. The summed E-state index contributed by atoms with van der Waals surface area (Å²) in [4.78, 5) is 12.5. The van der Waals surface area contributed by atoms with E-state index in [9.17, 15) is 0 Å². The summed E-state index contributed by atoms with van der Waals surface area (Å²) in [6.07, 6.45) is 1.02. The van der Waals surface area contributed by atoms with Gasteiger partial charge in [-0.15, -0.1) is 11.3 Å². The molecule has 0 bridgehead atoms. The molecule has 2 aromatic rings. The molecule has 2 rings (SSSR count). The maximum absolute atomic E-state index is 5.91. The third kappa shape index (κ3) is 3.70. The fourth-order valence-corrected chi connectivity index (χ4v) is 2.53. The second kappa shape index (κ2) is 5.79. The summed E-state index contributed by atoms with van der Waals surface area (Å²) in [6, 6.07) is 6.08. The van der Waals surface area contributed by atoms with Gasteiger partial charge in [-0.05, 0) is 17.9 Å². The Morgan fingerprint density at radius 1 is 1.30 bits per heavy atom. The highest BCUT2D eigenvalue weighted by Gasteiger charge is 2.19. The van der Waals surface area contributed by atoms with Crippen LogP contribution in [0.2, 0.25) is 0 Å². The maximum Gasteiger partial charge on any atom is 0.138 e. The van der Waals surface area contributed by atoms with Crippen LogP contribution in [-0.2, 0) is 11.8 Å². The zero-order chi connectivity index (χ0) is 14.8. The van der Waals surface area contributed by atoms with Gasteiger partial charge in [0, 0.05) is 30.0 Å². The predicted molar refractivity (Wildman–Crippen MR) is 86.4 cm³/mol. The molecule has 2 N–H and O–H groups in total. The molecular weight excluding hydrogens is 268 g/mol. The van der Waals surface area contributed by atoms with Gasteiger partial charge in [-0.1, -0.05) is 26.8 Å². The highest BCUT2D eigenvalue weighted by molar-refractivity contribution is 7.09. The molecule has 2 aromatic heterocycles. The molecule has 0 fully saturated rings. The number of rotatable bonds is 4. The summed E-state index contributed by atoms with van der Waals surface area (Å²) >= 11 is 1.79. The first kappa shape index (κ1) is 14.8. The van der Waals surface area contributed by atoms with Crippen molar-refractivity contribution in [2.45, 2.75) is 32.6 Å². The molecule has 0 aliphatic carbocycles. The van der Waals surface area contributed by atoms with Gasteiger partial charge in [-0.3, -0.25) is 0 Å². The quantitative estimate of drug-likeness (QED) is 0.940. The molecular formula is C15H22N4S. The first-order valence-electron chi connectivity index (χ1n) is 6.75. The second-order valence-corrected chi connectivity index (χ2v) is 7.01. The minimum Gasteiger partial charge on any atom is -0.384 e. The molecule has 0 radical (unpaired) electrons. The summed E-state index contributed by atoms with van der Waals surface area (Å²) in [5.41, 5.74) is 5.81. The van der Waals surface area contributed by atoms with Crippen LogP contribution < -0.4 is 10.6 Å². The van der Waals surface area contributed by atoms with Crippen molar-refractivity contribution in [1.82, 2.24) is 9.97 Å². The van der Waals surface area contributed by atoms with Gasteiger partial charge in [-0.25, -0.2) is 9.97 Å². The summed E-state index contributed by atoms with van der Waals surface area (Å²) in [5, 5.41) is 2.11. The standard InChI is InChI=1S/C15H22N4S/c1-15(2,3)14-17-12(16)10-13(18-14)19(4)8-7-11-6-5-9-20-11/h5-6,9-10H,7-8H2,1-4H3,(H2,16,17,18). The van der Waals surface area contributed by atoms with Crippen LogP contribution in [0.25, 0.3) is 0 Å². The number of nitrogen functional groups attached to an aromatic ring is 1. The molecule has 0 aliphatic rings. The minimum absolute atomic E-state index is 0.0985. The van der Waals surface area contributed by atoms with Gasteiger partial charge in [0.2, 0.25) is 0 Å². The van der Waals surface area contributed by atoms with Crippen LogP contribution in [0.4, 0.5) is 11.6 Å². The van der Waals surface area contributed by atoms with Crippen molar-refractivity contribution in [1.29, 1.82) is 0 Å². The van der Waals surface area contributed by atoms with E-state index in [1.807, 2.05) is 13.1 Å². The average Bonchev–Trinajstić information content (AvgIpc) is 2.87. The summed E-state index contributed by atoms with van der Waals surface area (Å²) < 4.78 is 0. The van der Waals surface area contributed by atoms with Crippen molar-refractivity contribution in [3.63, 3.8) is 0 Å². The van der Waals surface area contributed by atoms with Crippen molar-refractivity contribution < 1.29 is 0 Å². The molecule has 5 heteroatoms. The number of aromatic nitrogens is 2. The van der Waals surface area contributed by atoms with Crippen molar-refractivity contribution >= 4 is 23.0 Å². The Kier molecular flexibility index (Phi) is 4.28. The monoisotopic (exact) mass is 290 g/mol. The fraction of sp³-hybridized carbons (Fsp3) is 0.467. The first-order chi connectivity index (χ1) is 9.36. The summed E-state index contributed by atoms with van der Waals surface area (Å²) in [6.45, 7) is 7.20. The van der Waals surface area contributed by atoms with Crippen LogP contribution in [0, 0.1) is 0 Å². The Labute approximate surface area is 124 Å². The van der Waals surface area contributed by atoms with E-state index in [1.54, 1.807) is 11.3 Å². The molecule has 0 saturated heterocycles. The van der Waals surface area contributed by atoms with E-state index in [2.05, 4.69) is 53.2 Å². The van der Waals surface area contributed by atoms with Gasteiger partial charge in [0.25, 0.3) is 0 Å². The van der Waals surface area contributed by atoms with Crippen molar-refractivity contribution in [2.24, 2.45) is 0 Å². The molecule has 108 valence electrons. The van der Waals surface area contributed by atoms with E-state index in [1.165, 1.54) is 4.88 Å². The Bertz CT molecular complexity index is 558. The van der Waals surface area contributed by atoms with Gasteiger partial charge < -0.3 is 10.6 Å². The van der Waals surface area contributed by atoms with Crippen LogP contribution in [0.5, 0.6) is 0 Å². The van der Waals surface area contributed by atoms with Crippen molar-refractivity contribution in [3.8, 4) is 0 Å². The van der Waals surface area contributed by atoms with Gasteiger partial charge in [0.1, 0.15) is 17.5 Å². The fourth-order valence-electron chi connectivity index (χ4n) is 1.83. The van der Waals surface area contributed by atoms with E-state index < -0.39 is 0 Å². The lowest BCUT2D eigenvalue weighted by atomic mass is 9.96. The maximum atomic E-state index is 5.91. The van der Waals surface area contributed by atoms with E-state index >= 15 is 0 Å². The largest absolute Gasteiger partial charge is 0.384 e. The molecule has 4 nitrogen and oxygen atoms in total. The van der Waals surface area contributed by atoms with Crippen LogP contribution in [0.1, 0.15) is 31.5 Å².